The molecule has 0 aromatic heterocycles. The lowest BCUT2D eigenvalue weighted by Gasteiger charge is -2.18. The van der Waals surface area contributed by atoms with Gasteiger partial charge in [-0.3, -0.25) is 0 Å². The fraction of sp³-hybridized carbons (Fsp3) is 0.533. The van der Waals surface area contributed by atoms with Crippen LogP contribution >= 0.6 is 0 Å². The van der Waals surface area contributed by atoms with Gasteiger partial charge in [0.25, 0.3) is 0 Å². The molecule has 106 valence electrons. The van der Waals surface area contributed by atoms with Gasteiger partial charge in [0.1, 0.15) is 11.3 Å². The molecule has 4 nitrogen and oxygen atoms in total. The molecule has 0 aliphatic carbocycles. The van der Waals surface area contributed by atoms with E-state index in [1.54, 1.807) is 18.2 Å². The third kappa shape index (κ3) is 4.81. The molecule has 19 heavy (non-hydrogen) atoms. The number of hydrogen-bond donors (Lipinski definition) is 1. The van der Waals surface area contributed by atoms with Gasteiger partial charge in [-0.15, -0.1) is 0 Å². The first-order valence-corrected chi connectivity index (χ1v) is 6.53. The first-order valence-electron chi connectivity index (χ1n) is 6.53. The first kappa shape index (κ1) is 15.3. The molecule has 0 saturated carbocycles. The molecule has 0 bridgehead atoms. The molecule has 0 spiro atoms. The molecule has 0 unspecified atom stereocenters. The second-order valence-electron chi connectivity index (χ2n) is 5.60. The number of nitrogens with two attached hydrogens (primary N) is 1. The molecule has 1 aromatic carbocycles. The number of hydrogen-bond acceptors (Lipinski definition) is 4. The van der Waals surface area contributed by atoms with Crippen LogP contribution in [0, 0.1) is 5.41 Å². The van der Waals surface area contributed by atoms with Crippen LogP contribution in [-0.4, -0.2) is 19.2 Å². The Bertz CT molecular complexity index is 436. The van der Waals surface area contributed by atoms with Crippen LogP contribution < -0.4 is 10.5 Å². The predicted octanol–water partition coefficient (Wildman–Crippen LogP) is 3.26. The highest BCUT2D eigenvalue weighted by molar-refractivity contribution is 5.98. The smallest absolute Gasteiger partial charge is 0.344 e. The third-order valence-electron chi connectivity index (χ3n) is 2.65. The fourth-order valence-corrected chi connectivity index (χ4v) is 1.56. The van der Waals surface area contributed by atoms with Gasteiger partial charge in [0.2, 0.25) is 0 Å². The summed E-state index contributed by atoms with van der Waals surface area (Å²) >= 11 is 0. The minimum Gasteiger partial charge on any atom is -0.493 e. The lowest BCUT2D eigenvalue weighted by atomic mass is 9.93. The van der Waals surface area contributed by atoms with Crippen molar-refractivity contribution in [2.75, 3.05) is 18.9 Å². The van der Waals surface area contributed by atoms with Crippen LogP contribution in [0.3, 0.4) is 0 Å². The lowest BCUT2D eigenvalue weighted by molar-refractivity contribution is 0.0462. The highest BCUT2D eigenvalue weighted by Gasteiger charge is 2.18. The van der Waals surface area contributed by atoms with Crippen molar-refractivity contribution in [1.29, 1.82) is 0 Å². The highest BCUT2D eigenvalue weighted by atomic mass is 16.5. The van der Waals surface area contributed by atoms with Crippen LogP contribution in [-0.2, 0) is 4.74 Å². The number of ether oxygens (including phenoxy) is 2. The third-order valence-corrected chi connectivity index (χ3v) is 2.65. The van der Waals surface area contributed by atoms with Crippen LogP contribution in [0.2, 0.25) is 0 Å². The van der Waals surface area contributed by atoms with E-state index in [4.69, 9.17) is 15.2 Å². The molecule has 0 heterocycles. The summed E-state index contributed by atoms with van der Waals surface area (Å²) < 4.78 is 10.7. The van der Waals surface area contributed by atoms with E-state index in [0.29, 0.717) is 30.2 Å². The van der Waals surface area contributed by atoms with Crippen LogP contribution in [0.25, 0.3) is 0 Å². The summed E-state index contributed by atoms with van der Waals surface area (Å²) in [5.41, 5.74) is 6.66. The number of carbonyl (C=O) groups excluding carboxylic acids is 1. The maximum Gasteiger partial charge on any atom is 0.344 e. The minimum atomic E-state index is -0.425. The van der Waals surface area contributed by atoms with Crippen LogP contribution in [0.5, 0.6) is 5.75 Å². The summed E-state index contributed by atoms with van der Waals surface area (Å²) in [7, 11) is 0. The zero-order valence-electron chi connectivity index (χ0n) is 12.2. The minimum absolute atomic E-state index is 0.130. The second kappa shape index (κ2) is 6.45. The van der Waals surface area contributed by atoms with Gasteiger partial charge in [-0.1, -0.05) is 26.8 Å². The Labute approximate surface area is 114 Å². The van der Waals surface area contributed by atoms with E-state index < -0.39 is 5.97 Å². The molecule has 0 aliphatic heterocycles. The van der Waals surface area contributed by atoms with Gasteiger partial charge in [0, 0.05) is 5.69 Å². The Hall–Kier alpha value is -1.71. The fourth-order valence-electron chi connectivity index (χ4n) is 1.56. The average Bonchev–Trinajstić information content (AvgIpc) is 2.27. The van der Waals surface area contributed by atoms with E-state index in [0.717, 1.165) is 6.42 Å². The van der Waals surface area contributed by atoms with Gasteiger partial charge in [-0.25, -0.2) is 4.79 Å². The molecular weight excluding hydrogens is 242 g/mol. The van der Waals surface area contributed by atoms with E-state index >= 15 is 0 Å². The number of anilines is 1. The summed E-state index contributed by atoms with van der Waals surface area (Å²) in [6.45, 7) is 9.02. The van der Waals surface area contributed by atoms with Crippen molar-refractivity contribution in [3.63, 3.8) is 0 Å². The molecule has 2 N–H and O–H groups in total. The number of esters is 1. The lowest BCUT2D eigenvalue weighted by Crippen LogP contribution is -2.15. The van der Waals surface area contributed by atoms with Crippen LogP contribution in [0.1, 0.15) is 44.5 Å². The molecule has 0 radical (unpaired) electrons. The molecule has 0 amide bonds. The maximum absolute atomic E-state index is 12.1. The molecule has 0 atom stereocenters. The van der Waals surface area contributed by atoms with Gasteiger partial charge < -0.3 is 15.2 Å². The van der Waals surface area contributed by atoms with Crippen molar-refractivity contribution in [2.45, 2.75) is 34.1 Å². The first-order chi connectivity index (χ1) is 8.85. The summed E-state index contributed by atoms with van der Waals surface area (Å²) in [6, 6.07) is 5.15. The molecule has 4 heteroatoms. The summed E-state index contributed by atoms with van der Waals surface area (Å²) in [6.07, 6.45) is 0.801. The van der Waals surface area contributed by atoms with Crippen molar-refractivity contribution < 1.29 is 14.3 Å². The summed E-state index contributed by atoms with van der Waals surface area (Å²) in [4.78, 5) is 12.1. The highest BCUT2D eigenvalue weighted by Crippen LogP contribution is 2.26. The molecule has 0 fully saturated rings. The van der Waals surface area contributed by atoms with Gasteiger partial charge in [-0.05, 0) is 30.9 Å². The van der Waals surface area contributed by atoms with Crippen LogP contribution in [0.4, 0.5) is 5.69 Å². The number of carbonyl (C=O) groups is 1. The predicted molar refractivity (Wildman–Crippen MR) is 76.4 cm³/mol. The van der Waals surface area contributed by atoms with Crippen LogP contribution in [0.15, 0.2) is 18.2 Å². The normalized spacial score (nSPS) is 11.2. The van der Waals surface area contributed by atoms with E-state index in [9.17, 15) is 4.79 Å². The second-order valence-corrected chi connectivity index (χ2v) is 5.60. The van der Waals surface area contributed by atoms with Crippen molar-refractivity contribution >= 4 is 11.7 Å². The Balaban J connectivity index is 2.76. The number of benzene rings is 1. The maximum atomic E-state index is 12.1. The standard InChI is InChI=1S/C15H23NO3/c1-5-18-12-8-6-7-11(16)13(12)14(17)19-10-9-15(2,3)4/h6-8H,5,9-10,16H2,1-4H3. The SMILES string of the molecule is CCOc1cccc(N)c1C(=O)OCCC(C)(C)C. The van der Waals surface area contributed by atoms with Gasteiger partial charge in [0.15, 0.2) is 0 Å². The molecular formula is C15H23NO3. The zero-order chi connectivity index (χ0) is 14.5. The Kier molecular flexibility index (Phi) is 5.21. The quantitative estimate of drug-likeness (QED) is 0.655. The van der Waals surface area contributed by atoms with Crippen molar-refractivity contribution in [1.82, 2.24) is 0 Å². The van der Waals surface area contributed by atoms with E-state index in [1.807, 2.05) is 6.92 Å². The number of nitrogen functional groups attached to an aromatic ring is 1. The molecule has 1 rings (SSSR count). The van der Waals surface area contributed by atoms with Gasteiger partial charge in [0.05, 0.1) is 13.2 Å². The van der Waals surface area contributed by atoms with Crippen molar-refractivity contribution in [3.05, 3.63) is 23.8 Å². The Morgan fingerprint density at radius 2 is 2.00 bits per heavy atom. The van der Waals surface area contributed by atoms with Gasteiger partial charge >= 0.3 is 5.97 Å². The average molecular weight is 265 g/mol. The molecule has 0 aliphatic rings. The number of rotatable bonds is 5. The van der Waals surface area contributed by atoms with Crippen molar-refractivity contribution in [3.8, 4) is 5.75 Å². The van der Waals surface area contributed by atoms with E-state index in [2.05, 4.69) is 20.8 Å². The van der Waals surface area contributed by atoms with E-state index in [1.165, 1.54) is 0 Å². The monoisotopic (exact) mass is 265 g/mol. The van der Waals surface area contributed by atoms with E-state index in [-0.39, 0.29) is 5.41 Å². The summed E-state index contributed by atoms with van der Waals surface area (Å²) in [5.74, 6) is 0.0501. The topological polar surface area (TPSA) is 61.5 Å². The zero-order valence-corrected chi connectivity index (χ0v) is 12.2. The molecule has 1 aromatic rings. The largest absolute Gasteiger partial charge is 0.493 e. The van der Waals surface area contributed by atoms with Crippen molar-refractivity contribution in [2.24, 2.45) is 5.41 Å². The summed E-state index contributed by atoms with van der Waals surface area (Å²) in [5, 5.41) is 0. The molecule has 0 saturated heterocycles. The Morgan fingerprint density at radius 1 is 1.32 bits per heavy atom. The van der Waals surface area contributed by atoms with Gasteiger partial charge in [-0.2, -0.15) is 0 Å². The Morgan fingerprint density at radius 3 is 2.58 bits per heavy atom.